The smallest absolute Gasteiger partial charge is 0.327 e. The number of ketones is 1. The fraction of sp³-hybridized carbons (Fsp3) is 0.368. The van der Waals surface area contributed by atoms with Crippen LogP contribution in [0.3, 0.4) is 0 Å². The summed E-state index contributed by atoms with van der Waals surface area (Å²) >= 11 is 6.41. The van der Waals surface area contributed by atoms with E-state index in [0.717, 1.165) is 10.3 Å². The molecule has 156 valence electrons. The van der Waals surface area contributed by atoms with Crippen molar-refractivity contribution in [1.82, 2.24) is 4.98 Å². The van der Waals surface area contributed by atoms with Crippen LogP contribution >= 0.6 is 39.0 Å². The number of nitrogens with zero attached hydrogens (tertiary/aromatic N) is 3. The van der Waals surface area contributed by atoms with E-state index < -0.39 is 17.6 Å². The van der Waals surface area contributed by atoms with Crippen molar-refractivity contribution in [1.29, 1.82) is 0 Å². The largest absolute Gasteiger partial charge is 0.465 e. The highest BCUT2D eigenvalue weighted by Crippen LogP contribution is 2.39. The lowest BCUT2D eigenvalue weighted by atomic mass is 10.1. The van der Waals surface area contributed by atoms with Crippen LogP contribution in [-0.4, -0.2) is 40.8 Å². The van der Waals surface area contributed by atoms with Crippen molar-refractivity contribution in [2.45, 2.75) is 37.2 Å². The van der Waals surface area contributed by atoms with Gasteiger partial charge in [-0.15, -0.1) is 11.8 Å². The Morgan fingerprint density at radius 3 is 2.76 bits per heavy atom. The molecular formula is C19H21BrFN3O3S2. The molecule has 1 aromatic carbocycles. The van der Waals surface area contributed by atoms with Gasteiger partial charge in [-0.1, -0.05) is 37.3 Å². The van der Waals surface area contributed by atoms with E-state index in [1.165, 1.54) is 41.5 Å². The maximum atomic E-state index is 13.4. The van der Waals surface area contributed by atoms with E-state index in [-0.39, 0.29) is 24.4 Å². The highest BCUT2D eigenvalue weighted by Gasteiger charge is 2.21. The Bertz CT molecular complexity index is 918. The number of ether oxygens (including phenoxy) is 1. The van der Waals surface area contributed by atoms with Crippen LogP contribution in [0.4, 0.5) is 9.52 Å². The Morgan fingerprint density at radius 2 is 2.14 bits per heavy atom. The monoisotopic (exact) mass is 501 g/mol. The molecule has 0 fully saturated rings. The van der Waals surface area contributed by atoms with Crippen LogP contribution in [-0.2, 0) is 9.53 Å². The number of hydrogen-bond acceptors (Lipinski definition) is 8. The second kappa shape index (κ2) is 10.8. The van der Waals surface area contributed by atoms with E-state index in [0.29, 0.717) is 15.0 Å². The molecule has 2 rings (SSSR count). The lowest BCUT2D eigenvalue weighted by Crippen LogP contribution is -2.28. The van der Waals surface area contributed by atoms with Gasteiger partial charge in [0.1, 0.15) is 22.7 Å². The molecule has 0 aliphatic rings. The van der Waals surface area contributed by atoms with Crippen LogP contribution in [0.5, 0.6) is 0 Å². The van der Waals surface area contributed by atoms with E-state index in [9.17, 15) is 14.0 Å². The van der Waals surface area contributed by atoms with Crippen molar-refractivity contribution in [3.63, 3.8) is 0 Å². The van der Waals surface area contributed by atoms with Crippen LogP contribution in [0, 0.1) is 5.82 Å². The minimum Gasteiger partial charge on any atom is -0.465 e. The number of hydrogen-bond donors (Lipinski definition) is 0. The van der Waals surface area contributed by atoms with Crippen LogP contribution < -0.4 is 5.01 Å². The average molecular weight is 502 g/mol. The highest BCUT2D eigenvalue weighted by atomic mass is 79.9. The topological polar surface area (TPSA) is 71.9 Å². The first kappa shape index (κ1) is 23.5. The summed E-state index contributed by atoms with van der Waals surface area (Å²) in [6.07, 6.45) is 0. The summed E-state index contributed by atoms with van der Waals surface area (Å²) in [5.41, 5.74) is 0.281. The molecule has 0 N–H and O–H groups in total. The van der Waals surface area contributed by atoms with Gasteiger partial charge in [0.25, 0.3) is 0 Å². The van der Waals surface area contributed by atoms with Crippen molar-refractivity contribution in [3.8, 4) is 0 Å². The molecule has 0 saturated heterocycles. The summed E-state index contributed by atoms with van der Waals surface area (Å²) in [6.45, 7) is 7.38. The van der Waals surface area contributed by atoms with Gasteiger partial charge < -0.3 is 4.74 Å². The third kappa shape index (κ3) is 6.90. The number of benzene rings is 1. The lowest BCUT2D eigenvalue weighted by molar-refractivity contribution is -0.141. The fourth-order valence-electron chi connectivity index (χ4n) is 2.21. The zero-order valence-electron chi connectivity index (χ0n) is 16.4. The summed E-state index contributed by atoms with van der Waals surface area (Å²) in [5.74, 6) is -1.44. The number of Topliss-reactive ketones (excluding diaryl/α,β-unsaturated/α-hetero) is 1. The molecule has 1 heterocycles. The number of thiazole rings is 1. The van der Waals surface area contributed by atoms with Crippen molar-refractivity contribution in [2.75, 3.05) is 18.2 Å². The standard InChI is InChI=1S/C19H21BrFN3O3S2/c1-5-27-15(25)10-24(19-22-17(20)18(29-19)28-11(2)3)23-12(4)16(26)13-7-6-8-14(21)9-13/h6-9,11H,5,10H2,1-4H3/b23-12-. The second-order valence-corrected chi connectivity index (χ2v) is 9.70. The predicted molar refractivity (Wildman–Crippen MR) is 119 cm³/mol. The Hall–Kier alpha value is -1.78. The molecule has 0 aliphatic heterocycles. The number of halogens is 2. The maximum absolute atomic E-state index is 13.4. The maximum Gasteiger partial charge on any atom is 0.327 e. The minimum absolute atomic E-state index is 0.101. The molecule has 10 heteroatoms. The van der Waals surface area contributed by atoms with Crippen molar-refractivity contribution < 1.29 is 18.7 Å². The van der Waals surface area contributed by atoms with Gasteiger partial charge in [0.15, 0.2) is 0 Å². The fourth-order valence-corrected chi connectivity index (χ4v) is 5.23. The van der Waals surface area contributed by atoms with Crippen molar-refractivity contribution in [2.24, 2.45) is 5.10 Å². The number of carbonyl (C=O) groups excluding carboxylic acids is 2. The van der Waals surface area contributed by atoms with Crippen LogP contribution in [0.1, 0.15) is 38.1 Å². The number of rotatable bonds is 9. The number of anilines is 1. The van der Waals surface area contributed by atoms with Gasteiger partial charge in [-0.05, 0) is 41.9 Å². The molecule has 0 atom stereocenters. The Kier molecular flexibility index (Phi) is 8.79. The number of hydrazone groups is 1. The molecule has 0 aliphatic carbocycles. The zero-order valence-corrected chi connectivity index (χ0v) is 19.7. The summed E-state index contributed by atoms with van der Waals surface area (Å²) in [6, 6.07) is 5.38. The van der Waals surface area contributed by atoms with E-state index in [4.69, 9.17) is 4.74 Å². The van der Waals surface area contributed by atoms with Gasteiger partial charge in [-0.2, -0.15) is 5.10 Å². The molecule has 1 aromatic heterocycles. The molecule has 0 bridgehead atoms. The lowest BCUT2D eigenvalue weighted by Gasteiger charge is -2.16. The molecule has 29 heavy (non-hydrogen) atoms. The molecule has 2 aromatic rings. The normalized spacial score (nSPS) is 11.6. The number of thioether (sulfide) groups is 1. The van der Waals surface area contributed by atoms with Gasteiger partial charge in [0.05, 0.1) is 10.8 Å². The number of aromatic nitrogens is 1. The molecule has 0 radical (unpaired) electrons. The van der Waals surface area contributed by atoms with Crippen LogP contribution in [0.15, 0.2) is 38.2 Å². The van der Waals surface area contributed by atoms with Gasteiger partial charge in [0, 0.05) is 10.8 Å². The van der Waals surface area contributed by atoms with Crippen molar-refractivity contribution in [3.05, 3.63) is 40.2 Å². The molecule has 0 amide bonds. The average Bonchev–Trinajstić information content (AvgIpc) is 3.00. The molecule has 6 nitrogen and oxygen atoms in total. The van der Waals surface area contributed by atoms with Gasteiger partial charge in [-0.25, -0.2) is 14.4 Å². The number of carbonyl (C=O) groups is 2. The van der Waals surface area contributed by atoms with E-state index in [2.05, 4.69) is 39.9 Å². The first-order valence-electron chi connectivity index (χ1n) is 8.82. The van der Waals surface area contributed by atoms with Gasteiger partial charge >= 0.3 is 5.97 Å². The Labute approximate surface area is 185 Å². The zero-order chi connectivity index (χ0) is 21.6. The van der Waals surface area contributed by atoms with Gasteiger partial charge in [0.2, 0.25) is 10.9 Å². The molecule has 0 unspecified atom stereocenters. The van der Waals surface area contributed by atoms with Gasteiger partial charge in [-0.3, -0.25) is 9.59 Å². The number of esters is 1. The van der Waals surface area contributed by atoms with E-state index in [1.54, 1.807) is 18.7 Å². The first-order chi connectivity index (χ1) is 13.7. The summed E-state index contributed by atoms with van der Waals surface area (Å²) in [5, 5.41) is 6.43. The summed E-state index contributed by atoms with van der Waals surface area (Å²) in [7, 11) is 0. The summed E-state index contributed by atoms with van der Waals surface area (Å²) < 4.78 is 20.0. The Balaban J connectivity index is 2.36. The molecular weight excluding hydrogens is 481 g/mol. The third-order valence-electron chi connectivity index (χ3n) is 3.38. The molecule has 0 spiro atoms. The third-order valence-corrected chi connectivity index (χ3v) is 6.76. The van der Waals surface area contributed by atoms with Crippen LogP contribution in [0.2, 0.25) is 0 Å². The van der Waals surface area contributed by atoms with E-state index in [1.807, 2.05) is 0 Å². The van der Waals surface area contributed by atoms with Crippen molar-refractivity contribution >= 4 is 61.6 Å². The highest BCUT2D eigenvalue weighted by molar-refractivity contribution is 9.10. The second-order valence-electron chi connectivity index (χ2n) is 6.13. The predicted octanol–water partition coefficient (Wildman–Crippen LogP) is 5.17. The van der Waals surface area contributed by atoms with Crippen LogP contribution in [0.25, 0.3) is 0 Å². The summed E-state index contributed by atoms with van der Waals surface area (Å²) in [4.78, 5) is 29.1. The molecule has 0 saturated carbocycles. The quantitative estimate of drug-likeness (QED) is 0.155. The Morgan fingerprint density at radius 1 is 1.41 bits per heavy atom. The SMILES string of the molecule is CCOC(=O)CN(/N=C(/C)C(=O)c1cccc(F)c1)c1nc(Br)c(SC(C)C)s1. The minimum atomic E-state index is -0.508. The first-order valence-corrected chi connectivity index (χ1v) is 11.3. The van der Waals surface area contributed by atoms with E-state index >= 15 is 0 Å².